The second-order valence-corrected chi connectivity index (χ2v) is 7.84. The number of nitrogens with zero attached hydrogens (tertiary/aromatic N) is 3. The zero-order valence-electron chi connectivity index (χ0n) is 19.1. The Kier molecular flexibility index (Phi) is 7.60. The number of fused-ring (bicyclic) bond motifs is 3. The molecule has 2 bridgehead atoms. The van der Waals surface area contributed by atoms with Crippen LogP contribution >= 0.6 is 0 Å². The first-order chi connectivity index (χ1) is 16.1. The molecule has 6 N–H and O–H groups in total. The number of alkyl halides is 2. The van der Waals surface area contributed by atoms with Crippen molar-refractivity contribution in [1.29, 1.82) is 0 Å². The number of hydrogen-bond acceptors (Lipinski definition) is 7. The summed E-state index contributed by atoms with van der Waals surface area (Å²) in [6, 6.07) is 5.75. The number of pyridine rings is 1. The highest BCUT2D eigenvalue weighted by Gasteiger charge is 2.23. The van der Waals surface area contributed by atoms with Crippen molar-refractivity contribution in [2.45, 2.75) is 32.8 Å². The Morgan fingerprint density at radius 1 is 1.29 bits per heavy atom. The normalized spacial score (nSPS) is 19.6. The predicted octanol–water partition coefficient (Wildman–Crippen LogP) is 4.00. The third-order valence-corrected chi connectivity index (χ3v) is 5.35. The van der Waals surface area contributed by atoms with Gasteiger partial charge in [-0.2, -0.15) is 0 Å². The van der Waals surface area contributed by atoms with Gasteiger partial charge < -0.3 is 21.9 Å². The highest BCUT2D eigenvalue weighted by molar-refractivity contribution is 6.14. The van der Waals surface area contributed by atoms with E-state index >= 15 is 0 Å². The molecule has 0 unspecified atom stereocenters. The van der Waals surface area contributed by atoms with Gasteiger partial charge in [0.05, 0.1) is 5.71 Å². The fourth-order valence-corrected chi connectivity index (χ4v) is 3.71. The van der Waals surface area contributed by atoms with Gasteiger partial charge in [-0.3, -0.25) is 9.98 Å². The molecule has 1 aromatic carbocycles. The second kappa shape index (κ2) is 10.4. The largest absolute Gasteiger partial charge is 0.482 e. The van der Waals surface area contributed by atoms with Crippen molar-refractivity contribution >= 4 is 23.4 Å². The van der Waals surface area contributed by atoms with Crippen molar-refractivity contribution in [2.24, 2.45) is 21.5 Å². The Bertz CT molecular complexity index is 1200. The van der Waals surface area contributed by atoms with Crippen LogP contribution in [0, 0.1) is 5.82 Å². The molecule has 180 valence electrons. The van der Waals surface area contributed by atoms with E-state index in [0.717, 1.165) is 0 Å². The lowest BCUT2D eigenvalue weighted by atomic mass is 9.91. The number of ether oxygens (including phenoxy) is 1. The summed E-state index contributed by atoms with van der Waals surface area (Å²) < 4.78 is 46.5. The zero-order valence-corrected chi connectivity index (χ0v) is 19.1. The Hall–Kier alpha value is -3.82. The van der Waals surface area contributed by atoms with E-state index in [-0.39, 0.29) is 23.7 Å². The summed E-state index contributed by atoms with van der Waals surface area (Å²) in [4.78, 5) is 12.4. The van der Waals surface area contributed by atoms with Gasteiger partial charge in [-0.15, -0.1) is 0 Å². The lowest BCUT2D eigenvalue weighted by molar-refractivity contribution is 0.159. The van der Waals surface area contributed by atoms with E-state index in [0.29, 0.717) is 39.2 Å². The van der Waals surface area contributed by atoms with Crippen LogP contribution in [0.25, 0.3) is 5.70 Å². The molecule has 0 amide bonds. The summed E-state index contributed by atoms with van der Waals surface area (Å²) in [6.45, 7) is 2.63. The highest BCUT2D eigenvalue weighted by atomic mass is 19.3. The van der Waals surface area contributed by atoms with Crippen LogP contribution in [0.15, 0.2) is 57.3 Å². The van der Waals surface area contributed by atoms with Crippen LogP contribution in [0.3, 0.4) is 0 Å². The lowest BCUT2D eigenvalue weighted by Crippen LogP contribution is -2.18. The molecule has 1 atom stereocenters. The van der Waals surface area contributed by atoms with Crippen LogP contribution in [0.5, 0.6) is 5.75 Å². The van der Waals surface area contributed by atoms with Crippen molar-refractivity contribution in [1.82, 2.24) is 4.98 Å². The van der Waals surface area contributed by atoms with E-state index < -0.39 is 24.9 Å². The van der Waals surface area contributed by atoms with Crippen molar-refractivity contribution < 1.29 is 17.9 Å². The third kappa shape index (κ3) is 5.38. The first-order valence-electron chi connectivity index (χ1n) is 10.5. The number of nitrogen functional groups attached to an aromatic ring is 1. The SMILES string of the molecule is CN=CC1=C(N)c2ccc(F)cc2[C@@H](C)Oc2cc(cnc2N)C(=NCC(F)F)C(=C(C)N)C1. The van der Waals surface area contributed by atoms with Gasteiger partial charge in [-0.05, 0) is 43.7 Å². The molecule has 1 aliphatic rings. The number of hydrogen-bond donors (Lipinski definition) is 3. The Morgan fingerprint density at radius 2 is 2.03 bits per heavy atom. The van der Waals surface area contributed by atoms with Crippen molar-refractivity contribution in [2.75, 3.05) is 19.3 Å². The summed E-state index contributed by atoms with van der Waals surface area (Å²) in [6.07, 6.45) is -0.222. The fourth-order valence-electron chi connectivity index (χ4n) is 3.71. The smallest absolute Gasteiger partial charge is 0.257 e. The first kappa shape index (κ1) is 24.8. The van der Waals surface area contributed by atoms with Crippen LogP contribution in [0.1, 0.15) is 43.1 Å². The number of rotatable bonds is 3. The van der Waals surface area contributed by atoms with Gasteiger partial charge in [-0.1, -0.05) is 0 Å². The third-order valence-electron chi connectivity index (χ3n) is 5.35. The number of aromatic nitrogens is 1. The van der Waals surface area contributed by atoms with Crippen LogP contribution in [0.4, 0.5) is 19.0 Å². The second-order valence-electron chi connectivity index (χ2n) is 7.84. The van der Waals surface area contributed by atoms with Crippen molar-refractivity contribution in [3.05, 3.63) is 69.8 Å². The van der Waals surface area contributed by atoms with Gasteiger partial charge in [0, 0.05) is 59.5 Å². The van der Waals surface area contributed by atoms with Crippen LogP contribution in [-0.2, 0) is 0 Å². The number of nitrogens with two attached hydrogens (primary N) is 3. The molecule has 2 heterocycles. The molecule has 7 nitrogen and oxygen atoms in total. The lowest BCUT2D eigenvalue weighted by Gasteiger charge is -2.23. The molecule has 2 aromatic rings. The minimum Gasteiger partial charge on any atom is -0.482 e. The summed E-state index contributed by atoms with van der Waals surface area (Å²) in [5.41, 5.74) is 22.1. The maximum atomic E-state index is 14.2. The van der Waals surface area contributed by atoms with Gasteiger partial charge in [0.15, 0.2) is 11.6 Å². The molecule has 0 aliphatic carbocycles. The summed E-state index contributed by atoms with van der Waals surface area (Å²) in [5.74, 6) is -0.187. The van der Waals surface area contributed by atoms with E-state index in [1.54, 1.807) is 39.2 Å². The molecular weight excluding hydrogens is 445 g/mol. The van der Waals surface area contributed by atoms with Crippen LogP contribution in [0.2, 0.25) is 0 Å². The highest BCUT2D eigenvalue weighted by Crippen LogP contribution is 2.34. The topological polar surface area (TPSA) is 125 Å². The number of anilines is 1. The molecule has 34 heavy (non-hydrogen) atoms. The van der Waals surface area contributed by atoms with Crippen LogP contribution in [-0.4, -0.2) is 36.9 Å². The molecule has 0 radical (unpaired) electrons. The van der Waals surface area contributed by atoms with E-state index in [9.17, 15) is 13.2 Å². The summed E-state index contributed by atoms with van der Waals surface area (Å²) in [5, 5.41) is 0. The Labute approximate surface area is 195 Å². The summed E-state index contributed by atoms with van der Waals surface area (Å²) in [7, 11) is 1.58. The first-order valence-corrected chi connectivity index (χ1v) is 10.5. The monoisotopic (exact) mass is 472 g/mol. The molecule has 1 aromatic heterocycles. The van der Waals surface area contributed by atoms with E-state index in [4.69, 9.17) is 21.9 Å². The maximum Gasteiger partial charge on any atom is 0.257 e. The van der Waals surface area contributed by atoms with Crippen molar-refractivity contribution in [3.8, 4) is 5.75 Å². The summed E-state index contributed by atoms with van der Waals surface area (Å²) >= 11 is 0. The van der Waals surface area contributed by atoms with E-state index in [1.165, 1.54) is 18.3 Å². The molecule has 0 saturated carbocycles. The molecular formula is C24H27F3N6O. The molecule has 10 heteroatoms. The zero-order chi connectivity index (χ0) is 25.0. The minimum absolute atomic E-state index is 0.0798. The van der Waals surface area contributed by atoms with E-state index in [1.807, 2.05) is 0 Å². The predicted molar refractivity (Wildman–Crippen MR) is 129 cm³/mol. The quantitative estimate of drug-likeness (QED) is 0.582. The maximum absolute atomic E-state index is 14.2. The number of allylic oxidation sites excluding steroid dienone is 3. The molecule has 0 saturated heterocycles. The van der Waals surface area contributed by atoms with Crippen molar-refractivity contribution in [3.63, 3.8) is 0 Å². The Morgan fingerprint density at radius 3 is 2.68 bits per heavy atom. The van der Waals surface area contributed by atoms with Gasteiger partial charge in [0.2, 0.25) is 0 Å². The van der Waals surface area contributed by atoms with E-state index in [2.05, 4.69) is 15.0 Å². The fraction of sp³-hybridized carbons (Fsp3) is 0.292. The Balaban J connectivity index is 2.37. The minimum atomic E-state index is -2.66. The van der Waals surface area contributed by atoms with Gasteiger partial charge in [0.1, 0.15) is 18.5 Å². The van der Waals surface area contributed by atoms with Gasteiger partial charge in [0.25, 0.3) is 6.43 Å². The standard InChI is InChI=1S/C24H27F3N6O/c1-12(28)18-6-14(9-31-3)22(29)17-5-4-16(25)8-19(17)13(2)34-20-7-15(10-33-24(20)30)23(18)32-11-21(26)27/h4-5,7-10,13,21H,6,11,28-29H2,1-3H3,(H2,30,33)/t13-/m1/s1. The van der Waals surface area contributed by atoms with Gasteiger partial charge in [-0.25, -0.2) is 18.2 Å². The number of aliphatic imine (C=N–C) groups is 2. The van der Waals surface area contributed by atoms with Gasteiger partial charge >= 0.3 is 0 Å². The molecule has 0 fully saturated rings. The number of halogens is 3. The average Bonchev–Trinajstić information content (AvgIpc) is 2.78. The molecule has 1 aliphatic heterocycles. The molecule has 3 rings (SSSR count). The molecule has 0 spiro atoms. The number of benzene rings is 1. The average molecular weight is 473 g/mol. The van der Waals surface area contributed by atoms with Crippen LogP contribution < -0.4 is 21.9 Å².